The Morgan fingerprint density at radius 1 is 1.29 bits per heavy atom. The topological polar surface area (TPSA) is 52.3 Å². The van der Waals surface area contributed by atoms with E-state index in [1.807, 2.05) is 12.1 Å². The van der Waals surface area contributed by atoms with Crippen LogP contribution in [0.2, 0.25) is 5.02 Å². The summed E-state index contributed by atoms with van der Waals surface area (Å²) < 4.78 is 30.8. The standard InChI is InChI=1S/C15H15ClFNO2S/c1-20-15-5-2-10(8-18)6-11(15)9-21(19)12-3-4-14(17)13(16)7-12/h2-7H,8-9,18H2,1H3. The second-order valence-corrected chi connectivity index (χ2v) is 6.27. The first-order chi connectivity index (χ1) is 10.0. The molecule has 0 saturated heterocycles. The Kier molecular flexibility index (Phi) is 5.33. The van der Waals surface area contributed by atoms with Crippen molar-refractivity contribution in [3.8, 4) is 5.75 Å². The highest BCUT2D eigenvalue weighted by Crippen LogP contribution is 2.25. The fraction of sp³-hybridized carbons (Fsp3) is 0.200. The maximum atomic E-state index is 13.1. The van der Waals surface area contributed by atoms with E-state index in [0.29, 0.717) is 17.2 Å². The number of nitrogens with two attached hydrogens (primary N) is 1. The van der Waals surface area contributed by atoms with E-state index in [4.69, 9.17) is 22.1 Å². The van der Waals surface area contributed by atoms with Crippen molar-refractivity contribution in [2.45, 2.75) is 17.2 Å². The zero-order valence-corrected chi connectivity index (χ0v) is 13.0. The number of halogens is 2. The highest BCUT2D eigenvalue weighted by atomic mass is 35.5. The second kappa shape index (κ2) is 7.02. The third kappa shape index (κ3) is 3.81. The molecule has 0 aliphatic heterocycles. The summed E-state index contributed by atoms with van der Waals surface area (Å²) in [6.45, 7) is 0.395. The molecule has 0 fully saturated rings. The molecule has 112 valence electrons. The van der Waals surface area contributed by atoms with Gasteiger partial charge in [0.05, 0.1) is 28.7 Å². The van der Waals surface area contributed by atoms with Crippen LogP contribution < -0.4 is 10.5 Å². The fourth-order valence-electron chi connectivity index (χ4n) is 1.91. The van der Waals surface area contributed by atoms with Crippen molar-refractivity contribution in [1.82, 2.24) is 0 Å². The lowest BCUT2D eigenvalue weighted by Crippen LogP contribution is -2.03. The second-order valence-electron chi connectivity index (χ2n) is 4.42. The van der Waals surface area contributed by atoms with E-state index in [9.17, 15) is 8.60 Å². The molecular weight excluding hydrogens is 313 g/mol. The largest absolute Gasteiger partial charge is 0.496 e. The fourth-order valence-corrected chi connectivity index (χ4v) is 3.30. The maximum Gasteiger partial charge on any atom is 0.141 e. The van der Waals surface area contributed by atoms with Crippen LogP contribution in [0.25, 0.3) is 0 Å². The third-order valence-corrected chi connectivity index (χ3v) is 4.66. The number of ether oxygens (including phenoxy) is 1. The molecule has 2 aromatic rings. The summed E-state index contributed by atoms with van der Waals surface area (Å²) in [6, 6.07) is 9.58. The molecule has 0 spiro atoms. The Morgan fingerprint density at radius 3 is 2.67 bits per heavy atom. The molecule has 2 aromatic carbocycles. The van der Waals surface area contributed by atoms with E-state index in [0.717, 1.165) is 11.1 Å². The van der Waals surface area contributed by atoms with Crippen LogP contribution in [-0.2, 0) is 23.1 Å². The highest BCUT2D eigenvalue weighted by molar-refractivity contribution is 7.84. The molecule has 21 heavy (non-hydrogen) atoms. The summed E-state index contributed by atoms with van der Waals surface area (Å²) in [5, 5.41) is -0.0384. The SMILES string of the molecule is COc1ccc(CN)cc1CS(=O)c1ccc(F)c(Cl)c1. The van der Waals surface area contributed by atoms with E-state index in [2.05, 4.69) is 0 Å². The van der Waals surface area contributed by atoms with E-state index in [-0.39, 0.29) is 10.8 Å². The summed E-state index contributed by atoms with van der Waals surface area (Å²) in [7, 11) is 0.207. The predicted octanol–water partition coefficient (Wildman–Crippen LogP) is 3.25. The van der Waals surface area contributed by atoms with Crippen LogP contribution in [0.1, 0.15) is 11.1 Å². The quantitative estimate of drug-likeness (QED) is 0.917. The molecule has 0 amide bonds. The number of hydrogen-bond acceptors (Lipinski definition) is 3. The molecule has 1 atom stereocenters. The molecule has 2 rings (SSSR count). The lowest BCUT2D eigenvalue weighted by molar-refractivity contribution is 0.411. The summed E-state index contributed by atoms with van der Waals surface area (Å²) in [5.74, 6) is 0.368. The van der Waals surface area contributed by atoms with Gasteiger partial charge in [-0.25, -0.2) is 4.39 Å². The first-order valence-corrected chi connectivity index (χ1v) is 7.94. The van der Waals surface area contributed by atoms with Crippen molar-refractivity contribution in [1.29, 1.82) is 0 Å². The Labute approximate surface area is 130 Å². The van der Waals surface area contributed by atoms with Gasteiger partial charge in [-0.1, -0.05) is 17.7 Å². The van der Waals surface area contributed by atoms with Gasteiger partial charge in [-0.3, -0.25) is 4.21 Å². The number of benzene rings is 2. The zero-order valence-electron chi connectivity index (χ0n) is 11.4. The van der Waals surface area contributed by atoms with Crippen LogP contribution >= 0.6 is 11.6 Å². The highest BCUT2D eigenvalue weighted by Gasteiger charge is 2.12. The van der Waals surface area contributed by atoms with Crippen LogP contribution in [0.5, 0.6) is 5.75 Å². The molecule has 0 bridgehead atoms. The molecular formula is C15H15ClFNO2S. The molecule has 0 aliphatic rings. The van der Waals surface area contributed by atoms with Gasteiger partial charge >= 0.3 is 0 Å². The molecule has 6 heteroatoms. The van der Waals surface area contributed by atoms with Gasteiger partial charge in [-0.05, 0) is 35.9 Å². The van der Waals surface area contributed by atoms with Gasteiger partial charge < -0.3 is 10.5 Å². The van der Waals surface area contributed by atoms with Crippen LogP contribution in [0.3, 0.4) is 0 Å². The van der Waals surface area contributed by atoms with E-state index in [1.165, 1.54) is 18.2 Å². The summed E-state index contributed by atoms with van der Waals surface area (Å²) >= 11 is 5.72. The van der Waals surface area contributed by atoms with Crippen molar-refractivity contribution in [3.05, 3.63) is 58.4 Å². The van der Waals surface area contributed by atoms with E-state index < -0.39 is 16.6 Å². The maximum absolute atomic E-state index is 13.1. The Hall–Kier alpha value is -1.43. The molecule has 0 radical (unpaired) electrons. The molecule has 0 heterocycles. The van der Waals surface area contributed by atoms with Crippen LogP contribution in [0.4, 0.5) is 4.39 Å². The number of rotatable bonds is 5. The van der Waals surface area contributed by atoms with Gasteiger partial charge in [0.25, 0.3) is 0 Å². The third-order valence-electron chi connectivity index (χ3n) is 3.02. The van der Waals surface area contributed by atoms with Crippen LogP contribution in [-0.4, -0.2) is 11.3 Å². The minimum Gasteiger partial charge on any atom is -0.496 e. The smallest absolute Gasteiger partial charge is 0.141 e. The summed E-state index contributed by atoms with van der Waals surface area (Å²) in [6.07, 6.45) is 0. The van der Waals surface area contributed by atoms with Crippen molar-refractivity contribution in [2.24, 2.45) is 5.73 Å². The Morgan fingerprint density at radius 2 is 2.05 bits per heavy atom. The van der Waals surface area contributed by atoms with Crippen LogP contribution in [0.15, 0.2) is 41.3 Å². The van der Waals surface area contributed by atoms with E-state index in [1.54, 1.807) is 13.2 Å². The molecule has 0 saturated carbocycles. The van der Waals surface area contributed by atoms with Gasteiger partial charge in [0.15, 0.2) is 0 Å². The predicted molar refractivity (Wildman–Crippen MR) is 82.4 cm³/mol. The van der Waals surface area contributed by atoms with Gasteiger partial charge in [-0.2, -0.15) is 0 Å². The molecule has 2 N–H and O–H groups in total. The minimum atomic E-state index is -1.35. The molecule has 0 aromatic heterocycles. The normalized spacial score (nSPS) is 12.2. The first kappa shape index (κ1) is 15.9. The Balaban J connectivity index is 2.28. The number of methoxy groups -OCH3 is 1. The monoisotopic (exact) mass is 327 g/mol. The van der Waals surface area contributed by atoms with Gasteiger partial charge in [0.2, 0.25) is 0 Å². The summed E-state index contributed by atoms with van der Waals surface area (Å²) in [4.78, 5) is 0.474. The zero-order chi connectivity index (χ0) is 15.4. The molecule has 0 aliphatic carbocycles. The average molecular weight is 328 g/mol. The van der Waals surface area contributed by atoms with Crippen molar-refractivity contribution < 1.29 is 13.3 Å². The van der Waals surface area contributed by atoms with Gasteiger partial charge in [-0.15, -0.1) is 0 Å². The van der Waals surface area contributed by atoms with Crippen molar-refractivity contribution in [2.75, 3.05) is 7.11 Å². The summed E-state index contributed by atoms with van der Waals surface area (Å²) in [5.41, 5.74) is 7.33. The van der Waals surface area contributed by atoms with Crippen molar-refractivity contribution >= 4 is 22.4 Å². The minimum absolute atomic E-state index is 0.0384. The lowest BCUT2D eigenvalue weighted by atomic mass is 10.1. The van der Waals surface area contributed by atoms with Gasteiger partial charge in [0, 0.05) is 17.0 Å². The van der Waals surface area contributed by atoms with Crippen molar-refractivity contribution in [3.63, 3.8) is 0 Å². The average Bonchev–Trinajstić information content (AvgIpc) is 2.49. The van der Waals surface area contributed by atoms with E-state index >= 15 is 0 Å². The first-order valence-electron chi connectivity index (χ1n) is 6.24. The molecule has 1 unspecified atom stereocenters. The number of hydrogen-bond donors (Lipinski definition) is 1. The van der Waals surface area contributed by atoms with Gasteiger partial charge in [0.1, 0.15) is 11.6 Å². The Bertz CT molecular complexity index is 679. The lowest BCUT2D eigenvalue weighted by Gasteiger charge is -2.10. The van der Waals surface area contributed by atoms with Crippen LogP contribution in [0, 0.1) is 5.82 Å². The molecule has 3 nitrogen and oxygen atoms in total.